The van der Waals surface area contributed by atoms with E-state index in [0.717, 1.165) is 6.54 Å². The fourth-order valence-electron chi connectivity index (χ4n) is 4.50. The van der Waals surface area contributed by atoms with E-state index in [-0.39, 0.29) is 17.7 Å². The monoisotopic (exact) mass is 306 g/mol. The summed E-state index contributed by atoms with van der Waals surface area (Å²) in [7, 11) is 0. The molecule has 4 nitrogen and oxygen atoms in total. The molecule has 3 rings (SSSR count). The number of fused-ring (bicyclic) bond motifs is 1. The molecule has 2 atom stereocenters. The van der Waals surface area contributed by atoms with E-state index in [9.17, 15) is 9.59 Å². The van der Waals surface area contributed by atoms with Crippen molar-refractivity contribution < 1.29 is 9.59 Å². The van der Waals surface area contributed by atoms with Crippen LogP contribution in [-0.2, 0) is 9.59 Å². The van der Waals surface area contributed by atoms with E-state index in [1.807, 2.05) is 13.8 Å². The molecule has 2 unspecified atom stereocenters. The minimum absolute atomic E-state index is 0.0450. The van der Waals surface area contributed by atoms with E-state index < -0.39 is 5.54 Å². The first-order chi connectivity index (χ1) is 10.5. The third-order valence-corrected chi connectivity index (χ3v) is 5.99. The van der Waals surface area contributed by atoms with Crippen LogP contribution < -0.4 is 10.6 Å². The summed E-state index contributed by atoms with van der Waals surface area (Å²) >= 11 is 0. The number of carbonyl (C=O) groups is 2. The largest absolute Gasteiger partial charge is 0.354 e. The summed E-state index contributed by atoms with van der Waals surface area (Å²) in [6.45, 7) is 4.40. The number of hydrogen-bond donors (Lipinski definition) is 2. The maximum atomic E-state index is 12.5. The fourth-order valence-corrected chi connectivity index (χ4v) is 4.50. The van der Waals surface area contributed by atoms with Crippen molar-refractivity contribution in [1.29, 1.82) is 0 Å². The van der Waals surface area contributed by atoms with Crippen molar-refractivity contribution in [2.45, 2.75) is 70.8 Å². The third-order valence-electron chi connectivity index (χ3n) is 5.99. The minimum atomic E-state index is -0.804. The first-order valence-electron chi connectivity index (χ1n) is 9.09. The van der Waals surface area contributed by atoms with Crippen LogP contribution in [0.25, 0.3) is 0 Å². The Bertz CT molecular complexity index is 428. The van der Waals surface area contributed by atoms with Crippen LogP contribution in [0.3, 0.4) is 0 Å². The summed E-state index contributed by atoms with van der Waals surface area (Å²) < 4.78 is 0. The number of amides is 2. The lowest BCUT2D eigenvalue weighted by atomic mass is 10.0. The van der Waals surface area contributed by atoms with Gasteiger partial charge in [-0.05, 0) is 57.3 Å². The maximum Gasteiger partial charge on any atom is 0.245 e. The summed E-state index contributed by atoms with van der Waals surface area (Å²) in [5.41, 5.74) is -0.804. The van der Waals surface area contributed by atoms with Crippen LogP contribution in [-0.4, -0.2) is 23.9 Å². The molecular formula is C18H30N2O2. The molecule has 3 aliphatic carbocycles. The Labute approximate surface area is 133 Å². The minimum Gasteiger partial charge on any atom is -0.354 e. The molecule has 0 aliphatic heterocycles. The lowest BCUT2D eigenvalue weighted by molar-refractivity contribution is -0.133. The molecule has 0 radical (unpaired) electrons. The molecule has 2 amide bonds. The average Bonchev–Trinajstić information content (AvgIpc) is 2.98. The van der Waals surface area contributed by atoms with E-state index in [4.69, 9.17) is 0 Å². The normalized spacial score (nSPS) is 31.5. The first kappa shape index (κ1) is 15.8. The number of rotatable bonds is 5. The zero-order valence-electron chi connectivity index (χ0n) is 14.0. The standard InChI is InChI=1S/C18H30N2O2/c1-18(2,17(22)19-11-12-7-3-4-8-12)20-16(21)15-13-9-5-6-10-14(13)15/h12-15H,3-11H2,1-2H3,(H,19,22)(H,20,21). The Morgan fingerprint density at radius 3 is 2.09 bits per heavy atom. The molecule has 3 fully saturated rings. The van der Waals surface area contributed by atoms with Crippen molar-refractivity contribution in [3.05, 3.63) is 0 Å². The Hall–Kier alpha value is -1.06. The fraction of sp³-hybridized carbons (Fsp3) is 0.889. The average molecular weight is 306 g/mol. The van der Waals surface area contributed by atoms with Gasteiger partial charge in [0.1, 0.15) is 5.54 Å². The van der Waals surface area contributed by atoms with Crippen molar-refractivity contribution >= 4 is 11.8 Å². The van der Waals surface area contributed by atoms with Crippen molar-refractivity contribution in [1.82, 2.24) is 10.6 Å². The van der Waals surface area contributed by atoms with Crippen LogP contribution in [0, 0.1) is 23.7 Å². The molecule has 124 valence electrons. The first-order valence-corrected chi connectivity index (χ1v) is 9.09. The van der Waals surface area contributed by atoms with E-state index >= 15 is 0 Å². The molecule has 0 aromatic rings. The number of nitrogens with one attached hydrogen (secondary N) is 2. The van der Waals surface area contributed by atoms with Crippen molar-refractivity contribution in [3.63, 3.8) is 0 Å². The molecule has 3 saturated carbocycles. The molecule has 0 spiro atoms. The van der Waals surface area contributed by atoms with Gasteiger partial charge in [0.05, 0.1) is 0 Å². The predicted octanol–water partition coefficient (Wildman–Crippen LogP) is 2.62. The highest BCUT2D eigenvalue weighted by Gasteiger charge is 2.55. The highest BCUT2D eigenvalue weighted by molar-refractivity contribution is 5.92. The van der Waals surface area contributed by atoms with Crippen molar-refractivity contribution in [3.8, 4) is 0 Å². The zero-order chi connectivity index (χ0) is 15.7. The van der Waals surface area contributed by atoms with Crippen LogP contribution >= 0.6 is 0 Å². The Morgan fingerprint density at radius 2 is 1.50 bits per heavy atom. The lowest BCUT2D eigenvalue weighted by Crippen LogP contribution is -2.55. The number of carbonyl (C=O) groups excluding carboxylic acids is 2. The molecular weight excluding hydrogens is 276 g/mol. The van der Waals surface area contributed by atoms with Gasteiger partial charge in [-0.2, -0.15) is 0 Å². The van der Waals surface area contributed by atoms with Crippen LogP contribution in [0.1, 0.15) is 65.2 Å². The Balaban J connectivity index is 1.47. The van der Waals surface area contributed by atoms with E-state index in [1.54, 1.807) is 0 Å². The quantitative estimate of drug-likeness (QED) is 0.820. The van der Waals surface area contributed by atoms with Gasteiger partial charge in [0.15, 0.2) is 0 Å². The SMILES string of the molecule is CC(C)(NC(=O)C1C2CCCCC21)C(=O)NCC1CCCC1. The van der Waals surface area contributed by atoms with Gasteiger partial charge in [0.25, 0.3) is 0 Å². The maximum absolute atomic E-state index is 12.5. The highest BCUT2D eigenvalue weighted by Crippen LogP contribution is 2.55. The van der Waals surface area contributed by atoms with Gasteiger partial charge < -0.3 is 10.6 Å². The van der Waals surface area contributed by atoms with E-state index in [1.165, 1.54) is 51.4 Å². The zero-order valence-corrected chi connectivity index (χ0v) is 14.0. The summed E-state index contributed by atoms with van der Waals surface area (Å²) in [5.74, 6) is 2.03. The predicted molar refractivity (Wildman–Crippen MR) is 86.1 cm³/mol. The van der Waals surface area contributed by atoms with Gasteiger partial charge in [0, 0.05) is 12.5 Å². The van der Waals surface area contributed by atoms with Gasteiger partial charge in [-0.1, -0.05) is 25.7 Å². The smallest absolute Gasteiger partial charge is 0.245 e. The molecule has 4 heteroatoms. The molecule has 0 saturated heterocycles. The Morgan fingerprint density at radius 1 is 0.955 bits per heavy atom. The second-order valence-electron chi connectivity index (χ2n) is 8.11. The van der Waals surface area contributed by atoms with Gasteiger partial charge >= 0.3 is 0 Å². The van der Waals surface area contributed by atoms with Crippen LogP contribution in [0.15, 0.2) is 0 Å². The van der Waals surface area contributed by atoms with Crippen LogP contribution in [0.5, 0.6) is 0 Å². The number of hydrogen-bond acceptors (Lipinski definition) is 2. The summed E-state index contributed by atoms with van der Waals surface area (Å²) in [4.78, 5) is 24.8. The lowest BCUT2D eigenvalue weighted by Gasteiger charge is -2.26. The highest BCUT2D eigenvalue weighted by atomic mass is 16.2. The molecule has 3 aliphatic rings. The van der Waals surface area contributed by atoms with Crippen molar-refractivity contribution in [2.75, 3.05) is 6.54 Å². The molecule has 2 N–H and O–H groups in total. The molecule has 0 aromatic carbocycles. The van der Waals surface area contributed by atoms with E-state index in [2.05, 4.69) is 10.6 Å². The van der Waals surface area contributed by atoms with Crippen LogP contribution in [0.4, 0.5) is 0 Å². The van der Waals surface area contributed by atoms with Gasteiger partial charge in [-0.15, -0.1) is 0 Å². The molecule has 0 aromatic heterocycles. The summed E-state index contributed by atoms with van der Waals surface area (Å²) in [6, 6.07) is 0. The second kappa shape index (κ2) is 6.21. The topological polar surface area (TPSA) is 58.2 Å². The third kappa shape index (κ3) is 3.31. The van der Waals surface area contributed by atoms with Crippen LogP contribution in [0.2, 0.25) is 0 Å². The Kier molecular flexibility index (Phi) is 4.47. The van der Waals surface area contributed by atoms with Gasteiger partial charge in [-0.3, -0.25) is 9.59 Å². The summed E-state index contributed by atoms with van der Waals surface area (Å²) in [5, 5.41) is 6.04. The van der Waals surface area contributed by atoms with Crippen molar-refractivity contribution in [2.24, 2.45) is 23.7 Å². The molecule has 0 heterocycles. The molecule has 0 bridgehead atoms. The van der Waals surface area contributed by atoms with E-state index in [0.29, 0.717) is 17.8 Å². The second-order valence-corrected chi connectivity index (χ2v) is 8.11. The molecule has 22 heavy (non-hydrogen) atoms. The van der Waals surface area contributed by atoms with Gasteiger partial charge in [0.2, 0.25) is 11.8 Å². The van der Waals surface area contributed by atoms with Gasteiger partial charge in [-0.25, -0.2) is 0 Å². The summed E-state index contributed by atoms with van der Waals surface area (Å²) in [6.07, 6.45) is 9.91.